The Morgan fingerprint density at radius 2 is 1.82 bits per heavy atom. The van der Waals surface area contributed by atoms with E-state index in [1.165, 1.54) is 12.8 Å². The largest absolute Gasteiger partial charge is 0.375 e. The summed E-state index contributed by atoms with van der Waals surface area (Å²) in [5.74, 6) is 0. The van der Waals surface area contributed by atoms with E-state index in [1.807, 2.05) is 0 Å². The van der Waals surface area contributed by atoms with Crippen molar-refractivity contribution in [1.29, 1.82) is 0 Å². The molecule has 2 aliphatic rings. The number of hydrogen-bond donors (Lipinski definition) is 0. The molecule has 22 heavy (non-hydrogen) atoms. The fraction of sp³-hybridized carbons (Fsp3) is 1.00. The zero-order valence-corrected chi connectivity index (χ0v) is 15.4. The predicted octanol–water partition coefficient (Wildman–Crippen LogP) is 2.76. The van der Waals surface area contributed by atoms with Gasteiger partial charge in [-0.15, -0.1) is 0 Å². The van der Waals surface area contributed by atoms with Crippen LogP contribution in [-0.4, -0.2) is 72.5 Å². The SMILES string of the molecule is CC(C)OC1CC(N(C[C@@H]2CN(C(C)C)CCO2)C(C)C)C1. The Balaban J connectivity index is 1.82. The first-order chi connectivity index (χ1) is 10.4. The highest BCUT2D eigenvalue weighted by atomic mass is 16.5. The number of rotatable bonds is 7. The number of ether oxygens (including phenoxy) is 2. The maximum atomic E-state index is 6.03. The van der Waals surface area contributed by atoms with Crippen molar-refractivity contribution < 1.29 is 9.47 Å². The first-order valence-corrected chi connectivity index (χ1v) is 9.13. The molecule has 0 aromatic carbocycles. The quantitative estimate of drug-likeness (QED) is 0.722. The Hall–Kier alpha value is -0.160. The maximum absolute atomic E-state index is 6.03. The molecule has 1 atom stereocenters. The molecular formula is C18H36N2O2. The van der Waals surface area contributed by atoms with Crippen molar-refractivity contribution >= 4 is 0 Å². The van der Waals surface area contributed by atoms with Gasteiger partial charge in [-0.2, -0.15) is 0 Å². The van der Waals surface area contributed by atoms with Gasteiger partial charge in [0.2, 0.25) is 0 Å². The van der Waals surface area contributed by atoms with Gasteiger partial charge in [-0.3, -0.25) is 9.80 Å². The van der Waals surface area contributed by atoms with Gasteiger partial charge in [-0.1, -0.05) is 0 Å². The molecule has 1 heterocycles. The third-order valence-electron chi connectivity index (χ3n) is 4.98. The Kier molecular flexibility index (Phi) is 6.69. The van der Waals surface area contributed by atoms with Gasteiger partial charge < -0.3 is 9.47 Å². The van der Waals surface area contributed by atoms with Crippen molar-refractivity contribution in [3.05, 3.63) is 0 Å². The molecule has 4 nitrogen and oxygen atoms in total. The van der Waals surface area contributed by atoms with Gasteiger partial charge in [-0.05, 0) is 54.4 Å². The van der Waals surface area contributed by atoms with Crippen LogP contribution in [0.4, 0.5) is 0 Å². The number of morpholine rings is 1. The second kappa shape index (κ2) is 8.09. The molecule has 2 rings (SSSR count). The van der Waals surface area contributed by atoms with E-state index in [-0.39, 0.29) is 0 Å². The fourth-order valence-electron chi connectivity index (χ4n) is 3.64. The van der Waals surface area contributed by atoms with E-state index >= 15 is 0 Å². The highest BCUT2D eigenvalue weighted by molar-refractivity contribution is 4.91. The van der Waals surface area contributed by atoms with Crippen LogP contribution in [0.1, 0.15) is 54.4 Å². The molecule has 0 amide bonds. The smallest absolute Gasteiger partial charge is 0.0829 e. The number of nitrogens with zero attached hydrogens (tertiary/aromatic N) is 2. The van der Waals surface area contributed by atoms with E-state index in [2.05, 4.69) is 51.3 Å². The van der Waals surface area contributed by atoms with E-state index in [4.69, 9.17) is 9.47 Å². The van der Waals surface area contributed by atoms with E-state index in [9.17, 15) is 0 Å². The van der Waals surface area contributed by atoms with Crippen molar-refractivity contribution in [2.24, 2.45) is 0 Å². The van der Waals surface area contributed by atoms with Gasteiger partial charge >= 0.3 is 0 Å². The van der Waals surface area contributed by atoms with E-state index in [0.29, 0.717) is 36.4 Å². The number of hydrogen-bond acceptors (Lipinski definition) is 4. The monoisotopic (exact) mass is 312 g/mol. The maximum Gasteiger partial charge on any atom is 0.0829 e. The van der Waals surface area contributed by atoms with Crippen LogP contribution < -0.4 is 0 Å². The van der Waals surface area contributed by atoms with Crippen LogP contribution in [0.25, 0.3) is 0 Å². The van der Waals surface area contributed by atoms with Gasteiger partial charge in [0, 0.05) is 37.8 Å². The van der Waals surface area contributed by atoms with Crippen molar-refractivity contribution in [3.63, 3.8) is 0 Å². The first kappa shape index (κ1) is 18.2. The highest BCUT2D eigenvalue weighted by Crippen LogP contribution is 2.31. The molecular weight excluding hydrogens is 276 g/mol. The zero-order valence-electron chi connectivity index (χ0n) is 15.4. The van der Waals surface area contributed by atoms with Gasteiger partial charge in [0.15, 0.2) is 0 Å². The minimum absolute atomic E-state index is 0.347. The lowest BCUT2D eigenvalue weighted by molar-refractivity contribution is -0.104. The Morgan fingerprint density at radius 1 is 1.14 bits per heavy atom. The fourth-order valence-corrected chi connectivity index (χ4v) is 3.64. The van der Waals surface area contributed by atoms with Crippen LogP contribution in [0.15, 0.2) is 0 Å². The van der Waals surface area contributed by atoms with E-state index < -0.39 is 0 Å². The Labute approximate surface area is 137 Å². The molecule has 0 aromatic rings. The molecule has 0 radical (unpaired) electrons. The minimum Gasteiger partial charge on any atom is -0.375 e. The third-order valence-corrected chi connectivity index (χ3v) is 4.98. The summed E-state index contributed by atoms with van der Waals surface area (Å²) in [6, 6.07) is 1.86. The average Bonchev–Trinajstić information content (AvgIpc) is 2.40. The second-order valence-electron chi connectivity index (χ2n) is 7.80. The van der Waals surface area contributed by atoms with Gasteiger partial charge in [-0.25, -0.2) is 0 Å². The van der Waals surface area contributed by atoms with E-state index in [0.717, 1.165) is 26.2 Å². The van der Waals surface area contributed by atoms with Gasteiger partial charge in [0.25, 0.3) is 0 Å². The average molecular weight is 312 g/mol. The van der Waals surface area contributed by atoms with Crippen LogP contribution in [0.2, 0.25) is 0 Å². The van der Waals surface area contributed by atoms with Crippen LogP contribution in [0, 0.1) is 0 Å². The lowest BCUT2D eigenvalue weighted by Crippen LogP contribution is -2.56. The minimum atomic E-state index is 0.347. The summed E-state index contributed by atoms with van der Waals surface area (Å²) < 4.78 is 12.0. The standard InChI is InChI=1S/C18H36N2O2/c1-13(2)19-7-8-21-18(11-19)12-20(14(3)4)16-9-17(10-16)22-15(5)6/h13-18H,7-12H2,1-6H3/t16?,17?,18-/m0/s1. The molecule has 0 aromatic heterocycles. The van der Waals surface area contributed by atoms with Crippen LogP contribution in [0.3, 0.4) is 0 Å². The molecule has 4 heteroatoms. The first-order valence-electron chi connectivity index (χ1n) is 9.13. The van der Waals surface area contributed by atoms with Crippen LogP contribution >= 0.6 is 0 Å². The van der Waals surface area contributed by atoms with Crippen molar-refractivity contribution in [2.45, 2.75) is 90.8 Å². The van der Waals surface area contributed by atoms with Crippen LogP contribution in [-0.2, 0) is 9.47 Å². The summed E-state index contributed by atoms with van der Waals surface area (Å²) in [6.07, 6.45) is 3.52. The molecule has 1 aliphatic heterocycles. The summed E-state index contributed by atoms with van der Waals surface area (Å²) in [5.41, 5.74) is 0. The van der Waals surface area contributed by atoms with Crippen molar-refractivity contribution in [3.8, 4) is 0 Å². The molecule has 1 saturated heterocycles. The molecule has 0 N–H and O–H groups in total. The predicted molar refractivity (Wildman–Crippen MR) is 91.3 cm³/mol. The molecule has 1 aliphatic carbocycles. The Bertz CT molecular complexity index is 327. The van der Waals surface area contributed by atoms with Crippen molar-refractivity contribution in [2.75, 3.05) is 26.2 Å². The molecule has 0 spiro atoms. The molecule has 0 bridgehead atoms. The molecule has 1 saturated carbocycles. The molecule has 2 fully saturated rings. The lowest BCUT2D eigenvalue weighted by Gasteiger charge is -2.47. The summed E-state index contributed by atoms with van der Waals surface area (Å²) in [6.45, 7) is 17.5. The highest BCUT2D eigenvalue weighted by Gasteiger charge is 2.37. The van der Waals surface area contributed by atoms with Gasteiger partial charge in [0.1, 0.15) is 0 Å². The van der Waals surface area contributed by atoms with Crippen molar-refractivity contribution in [1.82, 2.24) is 9.80 Å². The third kappa shape index (κ3) is 4.92. The summed E-state index contributed by atoms with van der Waals surface area (Å²) >= 11 is 0. The molecule has 0 unspecified atom stereocenters. The summed E-state index contributed by atoms with van der Waals surface area (Å²) in [4.78, 5) is 5.17. The Morgan fingerprint density at radius 3 is 2.36 bits per heavy atom. The summed E-state index contributed by atoms with van der Waals surface area (Å²) in [5, 5.41) is 0. The second-order valence-corrected chi connectivity index (χ2v) is 7.80. The van der Waals surface area contributed by atoms with Gasteiger partial charge in [0.05, 0.1) is 24.9 Å². The zero-order chi connectivity index (χ0) is 16.3. The summed E-state index contributed by atoms with van der Waals surface area (Å²) in [7, 11) is 0. The van der Waals surface area contributed by atoms with E-state index in [1.54, 1.807) is 0 Å². The van der Waals surface area contributed by atoms with Crippen LogP contribution in [0.5, 0.6) is 0 Å². The topological polar surface area (TPSA) is 24.9 Å². The lowest BCUT2D eigenvalue weighted by atomic mass is 9.86. The molecule has 130 valence electrons. The normalized spacial score (nSPS) is 30.5.